The Hall–Kier alpha value is -7.42. The second-order valence-electron chi connectivity index (χ2n) is 20.3. The van der Waals surface area contributed by atoms with E-state index in [1.807, 2.05) is 60.7 Å². The third kappa shape index (κ3) is 30.7. The molecule has 0 aliphatic carbocycles. The molecule has 2 aromatic rings. The van der Waals surface area contributed by atoms with Crippen LogP contribution in [0.3, 0.4) is 0 Å². The lowest BCUT2D eigenvalue weighted by Crippen LogP contribution is -2.64. The van der Waals surface area contributed by atoms with Gasteiger partial charge in [0.05, 0.1) is 24.2 Å². The van der Waals surface area contributed by atoms with Crippen LogP contribution in [-0.4, -0.2) is 127 Å². The molecule has 0 saturated heterocycles. The summed E-state index contributed by atoms with van der Waals surface area (Å²) in [5.74, 6) is -3.82. The van der Waals surface area contributed by atoms with Crippen LogP contribution in [0.2, 0.25) is 0 Å². The maximum Gasteiger partial charge on any atom is 0.243 e. The summed E-state index contributed by atoms with van der Waals surface area (Å²) in [6, 6.07) is 12.5. The Bertz CT molecular complexity index is 2240. The van der Waals surface area contributed by atoms with Crippen molar-refractivity contribution in [2.75, 3.05) is 26.2 Å². The predicted octanol–water partition coefficient (Wildman–Crippen LogP) is -0.838. The van der Waals surface area contributed by atoms with E-state index in [0.29, 0.717) is 51.6 Å². The molecule has 28 N–H and O–H groups in total. The van der Waals surface area contributed by atoms with Gasteiger partial charge in [0.2, 0.25) is 23.6 Å². The van der Waals surface area contributed by atoms with Gasteiger partial charge >= 0.3 is 0 Å². The van der Waals surface area contributed by atoms with Gasteiger partial charge in [-0.05, 0) is 94.6 Å². The number of ketones is 2. The number of guanidine groups is 4. The molecule has 0 aliphatic heterocycles. The highest BCUT2D eigenvalue weighted by atomic mass is 16.2. The Morgan fingerprint density at radius 2 is 0.738 bits per heavy atom. The first kappa shape index (κ1) is 68.7. The van der Waals surface area contributed by atoms with Crippen molar-refractivity contribution in [3.05, 3.63) is 71.8 Å². The van der Waals surface area contributed by atoms with Crippen LogP contribution in [0.25, 0.3) is 0 Å². The van der Waals surface area contributed by atoms with Crippen LogP contribution in [0.5, 0.6) is 0 Å². The van der Waals surface area contributed by atoms with Gasteiger partial charge in [0.15, 0.2) is 35.4 Å². The van der Waals surface area contributed by atoms with Crippen LogP contribution >= 0.6 is 0 Å². The molecular formula is C54H94N20O6. The molecule has 0 heterocycles. The fraction of sp³-hybridized carbons (Fsp3) is 0.593. The molecule has 446 valence electrons. The van der Waals surface area contributed by atoms with Crippen LogP contribution in [0, 0.1) is 21.6 Å². The van der Waals surface area contributed by atoms with E-state index in [9.17, 15) is 28.8 Å². The number of nitrogens with two attached hydrogens (primary N) is 8. The smallest absolute Gasteiger partial charge is 0.243 e. The highest BCUT2D eigenvalue weighted by Gasteiger charge is 2.37. The summed E-state index contributed by atoms with van der Waals surface area (Å²) in [5, 5.41) is 51.4. The van der Waals surface area contributed by atoms with E-state index in [2.05, 4.69) is 42.5 Å². The summed E-state index contributed by atoms with van der Waals surface area (Å²) >= 11 is 0. The fourth-order valence-corrected chi connectivity index (χ4v) is 8.78. The third-order valence-corrected chi connectivity index (χ3v) is 13.3. The summed E-state index contributed by atoms with van der Waals surface area (Å²) in [4.78, 5) is 82.0. The van der Waals surface area contributed by atoms with E-state index < -0.39 is 71.3 Å². The van der Waals surface area contributed by atoms with Gasteiger partial charge in [-0.1, -0.05) is 106 Å². The maximum atomic E-state index is 14.2. The average Bonchev–Trinajstić information content (AvgIpc) is 3.41. The lowest BCUT2D eigenvalue weighted by molar-refractivity contribution is -0.133. The Morgan fingerprint density at radius 1 is 0.412 bits per heavy atom. The van der Waals surface area contributed by atoms with Gasteiger partial charge in [-0.2, -0.15) is 0 Å². The van der Waals surface area contributed by atoms with Crippen LogP contribution in [0.15, 0.2) is 60.7 Å². The zero-order chi connectivity index (χ0) is 59.3. The topological polar surface area (TPSA) is 502 Å². The summed E-state index contributed by atoms with van der Waals surface area (Å²) < 4.78 is 0. The minimum atomic E-state index is -1.77. The van der Waals surface area contributed by atoms with E-state index in [-0.39, 0.29) is 94.1 Å². The third-order valence-electron chi connectivity index (χ3n) is 13.3. The maximum absolute atomic E-state index is 14.2. The number of unbranched alkanes of at least 4 members (excludes halogenated alkanes) is 8. The van der Waals surface area contributed by atoms with Gasteiger partial charge in [0.25, 0.3) is 0 Å². The van der Waals surface area contributed by atoms with Gasteiger partial charge in [0.1, 0.15) is 17.7 Å². The lowest BCUT2D eigenvalue weighted by atomic mass is 9.90. The first-order chi connectivity index (χ1) is 38.1. The monoisotopic (exact) mass is 1120 g/mol. The highest BCUT2D eigenvalue weighted by Crippen LogP contribution is 2.18. The molecule has 26 nitrogen and oxygen atoms in total. The predicted molar refractivity (Wildman–Crippen MR) is 312 cm³/mol. The van der Waals surface area contributed by atoms with E-state index in [4.69, 9.17) is 67.5 Å². The van der Waals surface area contributed by atoms with Gasteiger partial charge in [-0.15, -0.1) is 0 Å². The van der Waals surface area contributed by atoms with Crippen molar-refractivity contribution in [3.63, 3.8) is 0 Å². The zero-order valence-corrected chi connectivity index (χ0v) is 46.5. The number of nitrogens with one attached hydrogen (secondary N) is 12. The number of benzene rings is 2. The van der Waals surface area contributed by atoms with E-state index in [1.165, 1.54) is 0 Å². The van der Waals surface area contributed by atoms with Crippen molar-refractivity contribution < 1.29 is 28.8 Å². The number of amides is 4. The van der Waals surface area contributed by atoms with Crippen LogP contribution in [-0.2, 0) is 41.6 Å². The molecule has 0 unspecified atom stereocenters. The molecule has 26 heteroatoms. The van der Waals surface area contributed by atoms with Gasteiger partial charge < -0.3 is 88.4 Å². The molecule has 0 saturated carbocycles. The molecule has 2 aromatic carbocycles. The molecule has 6 atom stereocenters. The van der Waals surface area contributed by atoms with E-state index in [1.54, 1.807) is 0 Å². The summed E-state index contributed by atoms with van der Waals surface area (Å²) in [6.45, 7) is 1.23. The highest BCUT2D eigenvalue weighted by molar-refractivity contribution is 5.97. The Kier molecular flexibility index (Phi) is 33.5. The molecular weight excluding hydrogens is 1020 g/mol. The largest absolute Gasteiger partial charge is 0.370 e. The molecule has 0 bridgehead atoms. The second kappa shape index (κ2) is 39.0. The summed E-state index contributed by atoms with van der Waals surface area (Å²) in [6.07, 6.45) is 10.6. The number of carbonyl (C=O) groups is 6. The Morgan fingerprint density at radius 3 is 1.12 bits per heavy atom. The number of Topliss-reactive ketones (excluding diaryl/α,β-unsaturated/α-hetero) is 2. The molecule has 0 aromatic heterocycles. The molecule has 0 aliphatic rings. The molecule has 80 heavy (non-hydrogen) atoms. The quantitative estimate of drug-likeness (QED) is 0.0167. The van der Waals surface area contributed by atoms with Crippen molar-refractivity contribution in [1.82, 2.24) is 42.5 Å². The SMILES string of the molecule is N=C(N)NCCC[C@H](NC(=O)[C@@H](N)CCCNC(=N)N)C(=O)N[C@@H](Cc1ccccc1)C(=O)CCCCCCCCCCCC(N)(N)C(=O)[C@H](Cc1ccccc1)NC(=O)[C@H](CCCNC(=N)N)NC(=O)[C@@H](N)CCCNC(=N)N. The number of hydrogen-bond donors (Lipinski definition) is 20. The van der Waals surface area contributed by atoms with Crippen molar-refractivity contribution >= 4 is 59.0 Å². The Labute approximate surface area is 471 Å². The normalized spacial score (nSPS) is 13.4. The second-order valence-corrected chi connectivity index (χ2v) is 20.3. The zero-order valence-electron chi connectivity index (χ0n) is 46.5. The molecule has 4 amide bonds. The molecule has 0 spiro atoms. The van der Waals surface area contributed by atoms with Crippen molar-refractivity contribution in [2.24, 2.45) is 45.9 Å². The van der Waals surface area contributed by atoms with Crippen LogP contribution < -0.4 is 88.4 Å². The molecule has 0 radical (unpaired) electrons. The number of rotatable bonds is 43. The van der Waals surface area contributed by atoms with Crippen molar-refractivity contribution in [3.8, 4) is 0 Å². The summed E-state index contributed by atoms with van der Waals surface area (Å²) in [7, 11) is 0. The fourth-order valence-electron chi connectivity index (χ4n) is 8.78. The first-order valence-electron chi connectivity index (χ1n) is 27.9. The minimum Gasteiger partial charge on any atom is -0.370 e. The van der Waals surface area contributed by atoms with Gasteiger partial charge in [-0.25, -0.2) is 0 Å². The summed E-state index contributed by atoms with van der Waals surface area (Å²) in [5.41, 5.74) is 46.7. The van der Waals surface area contributed by atoms with Crippen molar-refractivity contribution in [1.29, 1.82) is 21.6 Å². The van der Waals surface area contributed by atoms with E-state index >= 15 is 0 Å². The van der Waals surface area contributed by atoms with E-state index in [0.717, 1.165) is 56.1 Å². The molecule has 0 fully saturated rings. The van der Waals surface area contributed by atoms with Gasteiger partial charge in [0, 0.05) is 32.6 Å². The number of carbonyl (C=O) groups excluding carboxylic acids is 6. The van der Waals surface area contributed by atoms with Crippen LogP contribution in [0.4, 0.5) is 0 Å². The van der Waals surface area contributed by atoms with Crippen molar-refractivity contribution in [2.45, 2.75) is 177 Å². The number of hydrogen-bond acceptors (Lipinski definition) is 14. The molecule has 2 rings (SSSR count). The first-order valence-corrected chi connectivity index (χ1v) is 27.9. The standard InChI is InChI=1S/C54H94N20O6/c55-38(24-16-30-67-50(57)58)46(77)71-40(26-18-32-69-52(61)62)48(79)73-42(34-36-20-10-8-11-21-36)44(75)28-14-6-4-2-1-3-5-7-15-29-54(65,66)45(76)43(35-37-22-12-9-13-23-37)74-49(80)41(27-19-33-70-53(63)64)72-47(78)39(56)25-17-31-68-51(59)60/h8-13,20-23,38-43H,1-7,14-19,24-35,55-56,65-66H2,(H,71,77)(H,72,78)(H,73,79)(H,74,80)(H4,57,58,67)(H4,59,60,68)(H4,61,62,69)(H4,63,64,70)/t38-,39-,40-,41-,42-,43-/m0/s1. The van der Waals surface area contributed by atoms with Gasteiger partial charge in [-0.3, -0.25) is 50.4 Å². The lowest BCUT2D eigenvalue weighted by Gasteiger charge is -2.30. The average molecular weight is 1120 g/mol. The Balaban J connectivity index is 1.95. The van der Waals surface area contributed by atoms with Crippen LogP contribution in [0.1, 0.15) is 133 Å². The minimum absolute atomic E-state index is 0.0985.